The van der Waals surface area contributed by atoms with E-state index in [-0.39, 0.29) is 5.91 Å². The van der Waals surface area contributed by atoms with Gasteiger partial charge in [0.2, 0.25) is 5.91 Å². The van der Waals surface area contributed by atoms with E-state index in [2.05, 4.69) is 22.2 Å². The predicted octanol–water partition coefficient (Wildman–Crippen LogP) is 0.785. The van der Waals surface area contributed by atoms with E-state index in [0.29, 0.717) is 29.9 Å². The van der Waals surface area contributed by atoms with Crippen LogP contribution < -0.4 is 5.32 Å². The van der Waals surface area contributed by atoms with Gasteiger partial charge >= 0.3 is 0 Å². The number of likely N-dealkylation sites (tertiary alicyclic amines) is 1. The standard InChI is InChI=1S/C17H28N4O3S2/c1-14(22)18-12-16-5-6-17(25-16)26(23,24)21-10-8-20(9-11-21)15-4-3-7-19(2)13-15/h5-6,15H,3-4,7-13H2,1-2H3,(H,18,22). The highest BCUT2D eigenvalue weighted by molar-refractivity contribution is 7.91. The molecule has 2 saturated heterocycles. The molecule has 0 aliphatic carbocycles. The van der Waals surface area contributed by atoms with Crippen LogP contribution >= 0.6 is 11.3 Å². The number of piperazine rings is 1. The van der Waals surface area contributed by atoms with Crippen molar-refractivity contribution in [1.29, 1.82) is 0 Å². The number of carbonyl (C=O) groups is 1. The Morgan fingerprint density at radius 1 is 1.23 bits per heavy atom. The van der Waals surface area contributed by atoms with Crippen LogP contribution in [0.25, 0.3) is 0 Å². The molecule has 0 saturated carbocycles. The second-order valence-electron chi connectivity index (χ2n) is 7.13. The van der Waals surface area contributed by atoms with E-state index in [9.17, 15) is 13.2 Å². The van der Waals surface area contributed by atoms with E-state index >= 15 is 0 Å². The minimum absolute atomic E-state index is 0.118. The molecule has 3 heterocycles. The first-order valence-corrected chi connectivity index (χ1v) is 11.4. The van der Waals surface area contributed by atoms with Crippen molar-refractivity contribution in [3.63, 3.8) is 0 Å². The first-order chi connectivity index (χ1) is 12.4. The molecule has 0 bridgehead atoms. The number of likely N-dealkylation sites (N-methyl/N-ethyl adjacent to an activating group) is 1. The number of sulfonamides is 1. The van der Waals surface area contributed by atoms with E-state index in [1.807, 2.05) is 0 Å². The Labute approximate surface area is 160 Å². The number of amides is 1. The molecule has 1 atom stereocenters. The van der Waals surface area contributed by atoms with Crippen LogP contribution in [-0.2, 0) is 21.4 Å². The first kappa shape index (κ1) is 19.8. The van der Waals surface area contributed by atoms with Crippen LogP contribution in [0.5, 0.6) is 0 Å². The van der Waals surface area contributed by atoms with Gasteiger partial charge < -0.3 is 10.2 Å². The third-order valence-electron chi connectivity index (χ3n) is 5.13. The van der Waals surface area contributed by atoms with Crippen LogP contribution in [-0.4, -0.2) is 80.8 Å². The van der Waals surface area contributed by atoms with Gasteiger partial charge in [-0.1, -0.05) is 0 Å². The quantitative estimate of drug-likeness (QED) is 0.791. The van der Waals surface area contributed by atoms with Crippen LogP contribution in [0.2, 0.25) is 0 Å². The number of thiophene rings is 1. The highest BCUT2D eigenvalue weighted by Crippen LogP contribution is 2.26. The molecule has 9 heteroatoms. The van der Waals surface area contributed by atoms with E-state index in [1.165, 1.54) is 31.1 Å². The minimum atomic E-state index is -3.44. The van der Waals surface area contributed by atoms with Crippen LogP contribution in [0.3, 0.4) is 0 Å². The topological polar surface area (TPSA) is 73.0 Å². The fourth-order valence-corrected chi connectivity index (χ4v) is 6.55. The number of hydrogen-bond donors (Lipinski definition) is 1. The lowest BCUT2D eigenvalue weighted by Gasteiger charge is -2.42. The minimum Gasteiger partial charge on any atom is -0.351 e. The fourth-order valence-electron chi connectivity index (χ4n) is 3.68. The van der Waals surface area contributed by atoms with Crippen LogP contribution in [0.4, 0.5) is 0 Å². The maximum atomic E-state index is 12.9. The van der Waals surface area contributed by atoms with Gasteiger partial charge in [-0.25, -0.2) is 8.42 Å². The van der Waals surface area contributed by atoms with Crippen molar-refractivity contribution in [2.75, 3.05) is 46.3 Å². The van der Waals surface area contributed by atoms with Gasteiger partial charge in [-0.05, 0) is 38.6 Å². The van der Waals surface area contributed by atoms with E-state index in [4.69, 9.17) is 0 Å². The highest BCUT2D eigenvalue weighted by Gasteiger charge is 2.32. The van der Waals surface area contributed by atoms with Crippen molar-refractivity contribution in [2.45, 2.75) is 36.6 Å². The van der Waals surface area contributed by atoms with Crippen molar-refractivity contribution in [1.82, 2.24) is 19.4 Å². The van der Waals surface area contributed by atoms with Gasteiger partial charge in [0.25, 0.3) is 10.0 Å². The van der Waals surface area contributed by atoms with Gasteiger partial charge in [0, 0.05) is 50.6 Å². The Morgan fingerprint density at radius 3 is 2.62 bits per heavy atom. The van der Waals surface area contributed by atoms with Crippen molar-refractivity contribution >= 4 is 27.3 Å². The Bertz CT molecular complexity index is 726. The van der Waals surface area contributed by atoms with Crippen LogP contribution in [0.15, 0.2) is 16.3 Å². The molecule has 0 spiro atoms. The summed E-state index contributed by atoms with van der Waals surface area (Å²) in [5.74, 6) is -0.118. The molecule has 26 heavy (non-hydrogen) atoms. The molecular formula is C17H28N4O3S2. The fraction of sp³-hybridized carbons (Fsp3) is 0.706. The summed E-state index contributed by atoms with van der Waals surface area (Å²) in [6, 6.07) is 3.98. The van der Waals surface area contributed by atoms with E-state index in [1.54, 1.807) is 16.4 Å². The molecule has 1 aromatic heterocycles. The molecule has 0 aromatic carbocycles. The van der Waals surface area contributed by atoms with Crippen molar-refractivity contribution < 1.29 is 13.2 Å². The third-order valence-corrected chi connectivity index (χ3v) is 8.58. The third kappa shape index (κ3) is 4.64. The van der Waals surface area contributed by atoms with Crippen molar-refractivity contribution in [3.8, 4) is 0 Å². The van der Waals surface area contributed by atoms with Crippen LogP contribution in [0.1, 0.15) is 24.6 Å². The summed E-state index contributed by atoms with van der Waals surface area (Å²) in [5.41, 5.74) is 0. The van der Waals surface area contributed by atoms with Gasteiger partial charge in [-0.15, -0.1) is 11.3 Å². The molecule has 2 fully saturated rings. The lowest BCUT2D eigenvalue weighted by atomic mass is 10.0. The molecule has 2 aliphatic heterocycles. The Hall–Kier alpha value is -1.00. The lowest BCUT2D eigenvalue weighted by molar-refractivity contribution is -0.119. The molecule has 1 aromatic rings. The second kappa shape index (κ2) is 8.35. The summed E-state index contributed by atoms with van der Waals surface area (Å²) in [4.78, 5) is 16.7. The van der Waals surface area contributed by atoms with Gasteiger partial charge in [0.15, 0.2) is 0 Å². The van der Waals surface area contributed by atoms with E-state index < -0.39 is 10.0 Å². The summed E-state index contributed by atoms with van der Waals surface area (Å²) < 4.78 is 27.8. The second-order valence-corrected chi connectivity index (χ2v) is 10.5. The zero-order valence-electron chi connectivity index (χ0n) is 15.5. The van der Waals surface area contributed by atoms with Crippen molar-refractivity contribution in [3.05, 3.63) is 17.0 Å². The van der Waals surface area contributed by atoms with E-state index in [0.717, 1.165) is 31.1 Å². The molecule has 146 valence electrons. The molecule has 3 rings (SSSR count). The summed E-state index contributed by atoms with van der Waals surface area (Å²) in [6.45, 7) is 6.73. The van der Waals surface area contributed by atoms with Gasteiger partial charge in [-0.2, -0.15) is 4.31 Å². The van der Waals surface area contributed by atoms with Crippen LogP contribution in [0, 0.1) is 0 Å². The number of rotatable bonds is 5. The molecule has 1 amide bonds. The average Bonchev–Trinajstić information content (AvgIpc) is 3.10. The number of carbonyl (C=O) groups excluding carboxylic acids is 1. The number of hydrogen-bond acceptors (Lipinski definition) is 6. The van der Waals surface area contributed by atoms with Gasteiger partial charge in [-0.3, -0.25) is 9.69 Å². The number of piperidine rings is 1. The maximum absolute atomic E-state index is 12.9. The average molecular weight is 401 g/mol. The molecule has 1 unspecified atom stereocenters. The zero-order chi connectivity index (χ0) is 18.7. The largest absolute Gasteiger partial charge is 0.351 e. The van der Waals surface area contributed by atoms with Crippen molar-refractivity contribution in [2.24, 2.45) is 0 Å². The summed E-state index contributed by atoms with van der Waals surface area (Å²) in [7, 11) is -1.29. The number of nitrogens with one attached hydrogen (secondary N) is 1. The maximum Gasteiger partial charge on any atom is 0.252 e. The number of nitrogens with zero attached hydrogens (tertiary/aromatic N) is 3. The molecular weight excluding hydrogens is 372 g/mol. The van der Waals surface area contributed by atoms with Gasteiger partial charge in [0.05, 0.1) is 6.54 Å². The molecule has 2 aliphatic rings. The zero-order valence-corrected chi connectivity index (χ0v) is 17.1. The Kier molecular flexibility index (Phi) is 6.34. The lowest BCUT2D eigenvalue weighted by Crippen LogP contribution is -2.55. The molecule has 0 radical (unpaired) electrons. The first-order valence-electron chi connectivity index (χ1n) is 9.12. The highest BCUT2D eigenvalue weighted by atomic mass is 32.2. The SMILES string of the molecule is CC(=O)NCc1ccc(S(=O)(=O)N2CCN(C3CCCN(C)C3)CC2)s1. The summed E-state index contributed by atoms with van der Waals surface area (Å²) >= 11 is 1.24. The Balaban J connectivity index is 1.58. The summed E-state index contributed by atoms with van der Waals surface area (Å²) in [5, 5.41) is 2.70. The Morgan fingerprint density at radius 2 is 1.96 bits per heavy atom. The molecule has 1 N–H and O–H groups in total. The monoisotopic (exact) mass is 400 g/mol. The summed E-state index contributed by atoms with van der Waals surface area (Å²) in [6.07, 6.45) is 2.42. The normalized spacial score (nSPS) is 23.8. The predicted molar refractivity (Wildman–Crippen MR) is 103 cm³/mol. The smallest absolute Gasteiger partial charge is 0.252 e. The molecule has 7 nitrogen and oxygen atoms in total. The van der Waals surface area contributed by atoms with Gasteiger partial charge in [0.1, 0.15) is 4.21 Å².